The Hall–Kier alpha value is -0.250. The van der Waals surface area contributed by atoms with Gasteiger partial charge in [0.05, 0.1) is 0 Å². The van der Waals surface area contributed by atoms with E-state index in [1.807, 2.05) is 6.92 Å². The first-order valence-electron chi connectivity index (χ1n) is 6.69. The summed E-state index contributed by atoms with van der Waals surface area (Å²) < 4.78 is 36.0. The van der Waals surface area contributed by atoms with E-state index in [0.29, 0.717) is 12.5 Å². The Morgan fingerprint density at radius 2 is 1.76 bits per heavy atom. The van der Waals surface area contributed by atoms with Crippen molar-refractivity contribution in [1.82, 2.24) is 5.32 Å². The molecule has 4 heteroatoms. The lowest BCUT2D eigenvalue weighted by Gasteiger charge is -2.29. The Morgan fingerprint density at radius 1 is 1.18 bits per heavy atom. The molecule has 1 N–H and O–H groups in total. The second-order valence-corrected chi connectivity index (χ2v) is 5.53. The van der Waals surface area contributed by atoms with Crippen LogP contribution in [0.2, 0.25) is 0 Å². The van der Waals surface area contributed by atoms with Crippen molar-refractivity contribution in [3.05, 3.63) is 0 Å². The number of nitrogens with one attached hydrogen (secondary N) is 1. The van der Waals surface area contributed by atoms with Crippen LogP contribution in [0, 0.1) is 5.92 Å². The predicted octanol–water partition coefficient (Wildman–Crippen LogP) is 4.28. The van der Waals surface area contributed by atoms with E-state index < -0.39 is 12.6 Å². The van der Waals surface area contributed by atoms with Crippen molar-refractivity contribution in [3.63, 3.8) is 0 Å². The minimum atomic E-state index is -4.00. The van der Waals surface area contributed by atoms with Gasteiger partial charge in [-0.05, 0) is 51.4 Å². The van der Waals surface area contributed by atoms with Gasteiger partial charge in [-0.25, -0.2) is 0 Å². The highest BCUT2D eigenvalue weighted by Gasteiger charge is 2.26. The van der Waals surface area contributed by atoms with Gasteiger partial charge in [-0.2, -0.15) is 13.2 Å². The molecule has 1 nitrogen and oxygen atoms in total. The number of rotatable bonds is 5. The zero-order chi connectivity index (χ0) is 12.9. The topological polar surface area (TPSA) is 12.0 Å². The van der Waals surface area contributed by atoms with Gasteiger partial charge in [0.2, 0.25) is 0 Å². The molecule has 0 bridgehead atoms. The molecule has 1 unspecified atom stereocenters. The minimum absolute atomic E-state index is 0.204. The second-order valence-electron chi connectivity index (χ2n) is 5.53. The van der Waals surface area contributed by atoms with E-state index in [9.17, 15) is 13.2 Å². The maximum Gasteiger partial charge on any atom is 0.389 e. The lowest BCUT2D eigenvalue weighted by molar-refractivity contribution is -0.135. The van der Waals surface area contributed by atoms with Crippen LogP contribution in [0.4, 0.5) is 13.2 Å². The summed E-state index contributed by atoms with van der Waals surface area (Å²) in [5, 5.41) is 3.46. The van der Waals surface area contributed by atoms with Gasteiger partial charge in [-0.3, -0.25) is 0 Å². The van der Waals surface area contributed by atoms with Crippen molar-refractivity contribution in [2.45, 2.75) is 77.1 Å². The number of hydrogen-bond donors (Lipinski definition) is 1. The molecule has 0 radical (unpaired) electrons. The van der Waals surface area contributed by atoms with Gasteiger partial charge in [0.1, 0.15) is 0 Å². The van der Waals surface area contributed by atoms with Crippen LogP contribution in [0.25, 0.3) is 0 Å². The highest BCUT2D eigenvalue weighted by atomic mass is 19.4. The molecule has 0 aromatic heterocycles. The van der Waals surface area contributed by atoms with Gasteiger partial charge in [0.15, 0.2) is 0 Å². The molecule has 0 spiro atoms. The highest BCUT2D eigenvalue weighted by molar-refractivity contribution is 4.77. The van der Waals surface area contributed by atoms with E-state index in [-0.39, 0.29) is 12.5 Å². The maximum atomic E-state index is 12.0. The summed E-state index contributed by atoms with van der Waals surface area (Å²) in [4.78, 5) is 0. The Morgan fingerprint density at radius 3 is 2.29 bits per heavy atom. The predicted molar refractivity (Wildman–Crippen MR) is 63.9 cm³/mol. The Kier molecular flexibility index (Phi) is 5.77. The molecule has 1 aliphatic rings. The van der Waals surface area contributed by atoms with Crippen LogP contribution in [0.15, 0.2) is 0 Å². The fourth-order valence-corrected chi connectivity index (χ4v) is 2.52. The second kappa shape index (κ2) is 6.62. The third kappa shape index (κ3) is 6.92. The maximum absolute atomic E-state index is 12.0. The van der Waals surface area contributed by atoms with Crippen molar-refractivity contribution < 1.29 is 13.2 Å². The van der Waals surface area contributed by atoms with E-state index in [0.717, 1.165) is 5.92 Å². The van der Waals surface area contributed by atoms with E-state index >= 15 is 0 Å². The molecule has 0 heterocycles. The fourth-order valence-electron chi connectivity index (χ4n) is 2.52. The molecule has 0 aliphatic heterocycles. The van der Waals surface area contributed by atoms with E-state index in [4.69, 9.17) is 0 Å². The van der Waals surface area contributed by atoms with E-state index in [2.05, 4.69) is 12.2 Å². The van der Waals surface area contributed by atoms with Crippen LogP contribution in [-0.4, -0.2) is 18.3 Å². The molecule has 0 saturated heterocycles. The van der Waals surface area contributed by atoms with Crippen molar-refractivity contribution >= 4 is 0 Å². The summed E-state index contributed by atoms with van der Waals surface area (Å²) in [7, 11) is 0. The third-order valence-electron chi connectivity index (χ3n) is 3.63. The van der Waals surface area contributed by atoms with Gasteiger partial charge in [-0.15, -0.1) is 0 Å². The zero-order valence-electron chi connectivity index (χ0n) is 10.8. The Bertz CT molecular complexity index is 207. The summed E-state index contributed by atoms with van der Waals surface area (Å²) in [6.07, 6.45) is 1.03. The molecule has 1 fully saturated rings. The van der Waals surface area contributed by atoms with E-state index in [1.165, 1.54) is 25.7 Å². The highest BCUT2D eigenvalue weighted by Crippen LogP contribution is 2.25. The summed E-state index contributed by atoms with van der Waals surface area (Å²) in [6.45, 7) is 4.26. The monoisotopic (exact) mass is 251 g/mol. The zero-order valence-corrected chi connectivity index (χ0v) is 10.8. The smallest absolute Gasteiger partial charge is 0.312 e. The molecular formula is C13H24F3N. The lowest BCUT2D eigenvalue weighted by atomic mass is 9.87. The minimum Gasteiger partial charge on any atom is -0.312 e. The third-order valence-corrected chi connectivity index (χ3v) is 3.63. The van der Waals surface area contributed by atoms with Crippen LogP contribution < -0.4 is 5.32 Å². The van der Waals surface area contributed by atoms with Crippen LogP contribution >= 0.6 is 0 Å². The summed E-state index contributed by atoms with van der Waals surface area (Å²) in [5.74, 6) is 0.814. The Balaban J connectivity index is 2.10. The molecule has 0 aromatic rings. The molecule has 1 atom stereocenters. The molecule has 102 valence electrons. The molecule has 17 heavy (non-hydrogen) atoms. The van der Waals surface area contributed by atoms with E-state index in [1.54, 1.807) is 0 Å². The fraction of sp³-hybridized carbons (Fsp3) is 1.00. The van der Waals surface area contributed by atoms with Crippen LogP contribution in [0.5, 0.6) is 0 Å². The van der Waals surface area contributed by atoms with Crippen molar-refractivity contribution in [2.24, 2.45) is 5.92 Å². The number of halogens is 3. The lowest BCUT2D eigenvalue weighted by Crippen LogP contribution is -2.38. The summed E-state index contributed by atoms with van der Waals surface area (Å²) in [5.41, 5.74) is 0. The molecule has 1 saturated carbocycles. The molecule has 0 aromatic carbocycles. The SMILES string of the molecule is CC1CCC(NC(C)CCCC(F)(F)F)CC1. The van der Waals surface area contributed by atoms with Gasteiger partial charge in [0.25, 0.3) is 0 Å². The van der Waals surface area contributed by atoms with Gasteiger partial charge >= 0.3 is 6.18 Å². The quantitative estimate of drug-likeness (QED) is 0.769. The largest absolute Gasteiger partial charge is 0.389 e. The standard InChI is InChI=1S/C13H24F3N/c1-10-5-7-12(8-6-10)17-11(2)4-3-9-13(14,15)16/h10-12,17H,3-9H2,1-2H3. The molecular weight excluding hydrogens is 227 g/mol. The van der Waals surface area contributed by atoms with Crippen molar-refractivity contribution in [2.75, 3.05) is 0 Å². The first kappa shape index (κ1) is 14.8. The first-order chi connectivity index (χ1) is 7.87. The number of alkyl halides is 3. The van der Waals surface area contributed by atoms with Gasteiger partial charge < -0.3 is 5.32 Å². The van der Waals surface area contributed by atoms with Crippen molar-refractivity contribution in [1.29, 1.82) is 0 Å². The normalized spacial score (nSPS) is 28.1. The van der Waals surface area contributed by atoms with Gasteiger partial charge in [0, 0.05) is 18.5 Å². The van der Waals surface area contributed by atoms with Crippen molar-refractivity contribution in [3.8, 4) is 0 Å². The van der Waals surface area contributed by atoms with Gasteiger partial charge in [-0.1, -0.05) is 6.92 Å². The molecule has 0 amide bonds. The van der Waals surface area contributed by atoms with Crippen LogP contribution in [0.3, 0.4) is 0 Å². The summed E-state index contributed by atoms with van der Waals surface area (Å²) >= 11 is 0. The number of hydrogen-bond acceptors (Lipinski definition) is 1. The van der Waals surface area contributed by atoms with Crippen LogP contribution in [-0.2, 0) is 0 Å². The molecule has 1 aliphatic carbocycles. The average Bonchev–Trinajstić information content (AvgIpc) is 2.19. The Labute approximate surface area is 102 Å². The first-order valence-corrected chi connectivity index (χ1v) is 6.69. The summed E-state index contributed by atoms with van der Waals surface area (Å²) in [6, 6.07) is 0.725. The molecule has 1 rings (SSSR count). The average molecular weight is 251 g/mol. The van der Waals surface area contributed by atoms with Crippen LogP contribution in [0.1, 0.15) is 58.8 Å².